The van der Waals surface area contributed by atoms with E-state index in [1.54, 1.807) is 6.92 Å². The van der Waals surface area contributed by atoms with E-state index in [2.05, 4.69) is 5.32 Å². The molecule has 2 N–H and O–H groups in total. The number of hydrogen-bond donors (Lipinski definition) is 2. The van der Waals surface area contributed by atoms with Crippen molar-refractivity contribution >= 4 is 5.91 Å². The van der Waals surface area contributed by atoms with Crippen molar-refractivity contribution < 1.29 is 9.90 Å². The molecule has 2 aromatic carbocycles. The quantitative estimate of drug-likeness (QED) is 0.906. The number of carbonyl (C=O) groups is 1. The Labute approximate surface area is 125 Å². The van der Waals surface area contributed by atoms with Gasteiger partial charge in [0.05, 0.1) is 6.54 Å². The lowest BCUT2D eigenvalue weighted by Crippen LogP contribution is -2.38. The largest absolute Gasteiger partial charge is 0.384 e. The summed E-state index contributed by atoms with van der Waals surface area (Å²) >= 11 is 0. The highest BCUT2D eigenvalue weighted by atomic mass is 16.3. The maximum atomic E-state index is 12.3. The van der Waals surface area contributed by atoms with Gasteiger partial charge in [-0.05, 0) is 38.0 Å². The van der Waals surface area contributed by atoms with E-state index in [4.69, 9.17) is 0 Å². The molecule has 3 heteroatoms. The van der Waals surface area contributed by atoms with Crippen LogP contribution in [-0.2, 0) is 5.60 Å². The van der Waals surface area contributed by atoms with Crippen molar-refractivity contribution in [1.82, 2.24) is 5.32 Å². The lowest BCUT2D eigenvalue weighted by Gasteiger charge is -2.24. The molecule has 0 fully saturated rings. The standard InChI is InChI=1S/C18H21NO2/c1-13-9-10-14(2)16(11-13)17(20)19-12-18(3,21)15-7-5-4-6-8-15/h4-11,21H,12H2,1-3H3,(H,19,20)/t18-/m1/s1. The van der Waals surface area contributed by atoms with Crippen LogP contribution in [0.1, 0.15) is 34.0 Å². The molecule has 3 nitrogen and oxygen atoms in total. The van der Waals surface area contributed by atoms with Crippen LogP contribution in [0.15, 0.2) is 48.5 Å². The molecule has 0 radical (unpaired) electrons. The van der Waals surface area contributed by atoms with Gasteiger partial charge < -0.3 is 10.4 Å². The van der Waals surface area contributed by atoms with E-state index >= 15 is 0 Å². The van der Waals surface area contributed by atoms with Crippen molar-refractivity contribution in [2.45, 2.75) is 26.4 Å². The van der Waals surface area contributed by atoms with Crippen molar-refractivity contribution in [2.75, 3.05) is 6.54 Å². The number of aliphatic hydroxyl groups is 1. The molecule has 0 bridgehead atoms. The van der Waals surface area contributed by atoms with Crippen molar-refractivity contribution in [3.05, 3.63) is 70.8 Å². The average molecular weight is 283 g/mol. The van der Waals surface area contributed by atoms with Crippen molar-refractivity contribution in [2.24, 2.45) is 0 Å². The molecule has 1 atom stereocenters. The van der Waals surface area contributed by atoms with E-state index in [9.17, 15) is 9.90 Å². The normalized spacial score (nSPS) is 13.5. The maximum absolute atomic E-state index is 12.3. The van der Waals surface area contributed by atoms with E-state index in [0.717, 1.165) is 16.7 Å². The molecule has 0 aliphatic heterocycles. The Bertz CT molecular complexity index is 633. The molecule has 2 rings (SSSR count). The lowest BCUT2D eigenvalue weighted by molar-refractivity contribution is 0.0526. The first-order valence-electron chi connectivity index (χ1n) is 7.03. The van der Waals surface area contributed by atoms with Crippen LogP contribution in [-0.4, -0.2) is 17.6 Å². The zero-order valence-corrected chi connectivity index (χ0v) is 12.7. The van der Waals surface area contributed by atoms with E-state index in [1.807, 2.05) is 62.4 Å². The van der Waals surface area contributed by atoms with Crippen LogP contribution >= 0.6 is 0 Å². The molecule has 0 saturated carbocycles. The van der Waals surface area contributed by atoms with Gasteiger partial charge in [-0.2, -0.15) is 0 Å². The van der Waals surface area contributed by atoms with Gasteiger partial charge >= 0.3 is 0 Å². The Morgan fingerprint density at radius 1 is 1.14 bits per heavy atom. The Morgan fingerprint density at radius 2 is 1.81 bits per heavy atom. The summed E-state index contributed by atoms with van der Waals surface area (Å²) < 4.78 is 0. The Hall–Kier alpha value is -2.13. The number of carbonyl (C=O) groups excluding carboxylic acids is 1. The highest BCUT2D eigenvalue weighted by Gasteiger charge is 2.24. The van der Waals surface area contributed by atoms with E-state index in [1.165, 1.54) is 0 Å². The van der Waals surface area contributed by atoms with Gasteiger partial charge in [0.15, 0.2) is 0 Å². The lowest BCUT2D eigenvalue weighted by atomic mass is 9.96. The molecule has 21 heavy (non-hydrogen) atoms. The van der Waals surface area contributed by atoms with Gasteiger partial charge in [-0.1, -0.05) is 48.0 Å². The Balaban J connectivity index is 2.09. The minimum Gasteiger partial charge on any atom is -0.384 e. The van der Waals surface area contributed by atoms with Crippen LogP contribution in [0.25, 0.3) is 0 Å². The summed E-state index contributed by atoms with van der Waals surface area (Å²) in [4.78, 5) is 12.3. The number of nitrogens with one attached hydrogen (secondary N) is 1. The first kappa shape index (κ1) is 15.3. The summed E-state index contributed by atoms with van der Waals surface area (Å²) in [6.45, 7) is 5.73. The van der Waals surface area contributed by atoms with Crippen LogP contribution in [0, 0.1) is 13.8 Å². The molecule has 0 aliphatic carbocycles. The molecular formula is C18H21NO2. The molecule has 1 amide bonds. The summed E-state index contributed by atoms with van der Waals surface area (Å²) in [5, 5.41) is 13.3. The third-order valence-corrected chi connectivity index (χ3v) is 3.63. The van der Waals surface area contributed by atoms with Crippen LogP contribution in [0.4, 0.5) is 0 Å². The number of aryl methyl sites for hydroxylation is 2. The van der Waals surface area contributed by atoms with Crippen molar-refractivity contribution in [3.8, 4) is 0 Å². The molecule has 2 aromatic rings. The van der Waals surface area contributed by atoms with Gasteiger partial charge in [-0.15, -0.1) is 0 Å². The summed E-state index contributed by atoms with van der Waals surface area (Å²) in [6, 6.07) is 15.1. The van der Waals surface area contributed by atoms with Crippen molar-refractivity contribution in [3.63, 3.8) is 0 Å². The number of benzene rings is 2. The molecule has 0 unspecified atom stereocenters. The molecule has 0 saturated heterocycles. The van der Waals surface area contributed by atoms with Crippen LogP contribution in [0.5, 0.6) is 0 Å². The smallest absolute Gasteiger partial charge is 0.251 e. The van der Waals surface area contributed by atoms with Crippen LogP contribution < -0.4 is 5.32 Å². The first-order chi connectivity index (χ1) is 9.90. The average Bonchev–Trinajstić information content (AvgIpc) is 2.48. The molecule has 0 aromatic heterocycles. The van der Waals surface area contributed by atoms with Gasteiger partial charge in [-0.25, -0.2) is 0 Å². The number of rotatable bonds is 4. The summed E-state index contributed by atoms with van der Waals surface area (Å²) in [5.41, 5.74) is 2.32. The summed E-state index contributed by atoms with van der Waals surface area (Å²) in [7, 11) is 0. The minimum atomic E-state index is -1.09. The zero-order chi connectivity index (χ0) is 15.5. The summed E-state index contributed by atoms with van der Waals surface area (Å²) in [6.07, 6.45) is 0. The molecule has 0 aliphatic rings. The fraction of sp³-hybridized carbons (Fsp3) is 0.278. The van der Waals surface area contributed by atoms with Gasteiger partial charge in [0.25, 0.3) is 5.91 Å². The number of hydrogen-bond acceptors (Lipinski definition) is 2. The highest BCUT2D eigenvalue weighted by molar-refractivity contribution is 5.95. The summed E-state index contributed by atoms with van der Waals surface area (Å²) in [5.74, 6) is -0.160. The second-order valence-electron chi connectivity index (χ2n) is 5.64. The predicted octanol–water partition coefficient (Wildman–Crippen LogP) is 2.94. The van der Waals surface area contributed by atoms with Gasteiger partial charge in [-0.3, -0.25) is 4.79 Å². The van der Waals surface area contributed by atoms with E-state index in [0.29, 0.717) is 5.56 Å². The highest BCUT2D eigenvalue weighted by Crippen LogP contribution is 2.19. The third kappa shape index (κ3) is 3.70. The second-order valence-corrected chi connectivity index (χ2v) is 5.64. The van der Waals surface area contributed by atoms with Crippen LogP contribution in [0.2, 0.25) is 0 Å². The molecular weight excluding hydrogens is 262 g/mol. The SMILES string of the molecule is Cc1ccc(C)c(C(=O)NC[C@@](C)(O)c2ccccc2)c1. The van der Waals surface area contributed by atoms with Crippen LogP contribution in [0.3, 0.4) is 0 Å². The first-order valence-corrected chi connectivity index (χ1v) is 7.03. The van der Waals surface area contributed by atoms with E-state index < -0.39 is 5.60 Å². The molecule has 0 heterocycles. The van der Waals surface area contributed by atoms with Gasteiger partial charge in [0, 0.05) is 5.56 Å². The molecule has 0 spiro atoms. The van der Waals surface area contributed by atoms with Crippen molar-refractivity contribution in [1.29, 1.82) is 0 Å². The monoisotopic (exact) mass is 283 g/mol. The van der Waals surface area contributed by atoms with Gasteiger partial charge in [0.1, 0.15) is 5.60 Å². The molecule has 110 valence electrons. The third-order valence-electron chi connectivity index (χ3n) is 3.63. The minimum absolute atomic E-state index is 0.160. The second kappa shape index (κ2) is 6.10. The maximum Gasteiger partial charge on any atom is 0.251 e. The Morgan fingerprint density at radius 3 is 2.48 bits per heavy atom. The zero-order valence-electron chi connectivity index (χ0n) is 12.7. The number of amides is 1. The fourth-order valence-electron chi connectivity index (χ4n) is 2.23. The Kier molecular flexibility index (Phi) is 4.43. The predicted molar refractivity (Wildman–Crippen MR) is 84.3 cm³/mol. The van der Waals surface area contributed by atoms with Gasteiger partial charge in [0.2, 0.25) is 0 Å². The fourth-order valence-corrected chi connectivity index (χ4v) is 2.23. The van der Waals surface area contributed by atoms with E-state index in [-0.39, 0.29) is 12.5 Å². The topological polar surface area (TPSA) is 49.3 Å².